The number of piperazine rings is 1. The maximum absolute atomic E-state index is 3.78. The number of para-hydroxylation sites is 1. The Kier molecular flexibility index (Phi) is 6.68. The molecule has 4 aliphatic heterocycles. The van der Waals surface area contributed by atoms with Crippen molar-refractivity contribution in [3.8, 4) is 0 Å². The summed E-state index contributed by atoms with van der Waals surface area (Å²) in [6.45, 7) is 11.7. The Morgan fingerprint density at radius 2 is 1.63 bits per heavy atom. The first-order valence-electron chi connectivity index (χ1n) is 11.7. The van der Waals surface area contributed by atoms with E-state index in [0.29, 0.717) is 0 Å². The molecule has 5 nitrogen and oxygen atoms in total. The summed E-state index contributed by atoms with van der Waals surface area (Å²) in [6, 6.07) is 9.03. The van der Waals surface area contributed by atoms with E-state index in [9.17, 15) is 0 Å². The summed E-state index contributed by atoms with van der Waals surface area (Å²) in [5, 5.41) is 7.23. The number of hydrogen-bond acceptors (Lipinski definition) is 5. The Morgan fingerprint density at radius 3 is 2.37 bits per heavy atom. The Labute approximate surface area is 182 Å². The van der Waals surface area contributed by atoms with Gasteiger partial charge in [-0.2, -0.15) is 0 Å². The fourth-order valence-electron chi connectivity index (χ4n) is 4.88. The third kappa shape index (κ3) is 4.22. The van der Waals surface area contributed by atoms with Gasteiger partial charge in [-0.3, -0.25) is 0 Å². The number of allylic oxidation sites excluding steroid dienone is 2. The van der Waals surface area contributed by atoms with Gasteiger partial charge in [0.2, 0.25) is 0 Å². The molecule has 0 bridgehead atoms. The highest BCUT2D eigenvalue weighted by molar-refractivity contribution is 5.80. The molecule has 0 saturated carbocycles. The van der Waals surface area contributed by atoms with Crippen molar-refractivity contribution in [2.45, 2.75) is 32.7 Å². The van der Waals surface area contributed by atoms with Gasteiger partial charge in [0, 0.05) is 69.8 Å². The van der Waals surface area contributed by atoms with Gasteiger partial charge in [0.05, 0.1) is 6.04 Å². The van der Waals surface area contributed by atoms with E-state index in [1.807, 2.05) is 13.8 Å². The van der Waals surface area contributed by atoms with Crippen LogP contribution < -0.4 is 10.6 Å². The minimum atomic E-state index is 0.258. The monoisotopic (exact) mass is 407 g/mol. The lowest BCUT2D eigenvalue weighted by molar-refractivity contribution is 0.217. The van der Waals surface area contributed by atoms with Crippen molar-refractivity contribution in [3.05, 3.63) is 59.5 Å². The Balaban J connectivity index is 0.00000106. The van der Waals surface area contributed by atoms with Crippen molar-refractivity contribution in [1.82, 2.24) is 20.0 Å². The van der Waals surface area contributed by atoms with E-state index in [4.69, 9.17) is 0 Å². The zero-order valence-corrected chi connectivity index (χ0v) is 18.8. The summed E-state index contributed by atoms with van der Waals surface area (Å²) in [6.07, 6.45) is 9.73. The average Bonchev–Trinajstić information content (AvgIpc) is 3.35. The molecule has 162 valence electrons. The Hall–Kier alpha value is -2.40. The molecule has 0 aromatic heterocycles. The van der Waals surface area contributed by atoms with Crippen LogP contribution in [0.15, 0.2) is 53.9 Å². The average molecular weight is 408 g/mol. The third-order valence-corrected chi connectivity index (χ3v) is 6.38. The lowest BCUT2D eigenvalue weighted by Crippen LogP contribution is -2.47. The number of likely N-dealkylation sites (tertiary alicyclic amines) is 1. The molecule has 1 atom stereocenters. The molecule has 5 heteroatoms. The second-order valence-electron chi connectivity index (χ2n) is 8.27. The predicted molar refractivity (Wildman–Crippen MR) is 127 cm³/mol. The Morgan fingerprint density at radius 1 is 0.900 bits per heavy atom. The molecule has 0 radical (unpaired) electrons. The molecule has 30 heavy (non-hydrogen) atoms. The third-order valence-electron chi connectivity index (χ3n) is 6.38. The molecule has 5 rings (SSSR count). The van der Waals surface area contributed by atoms with E-state index in [-0.39, 0.29) is 6.04 Å². The minimum Gasteiger partial charge on any atom is -0.374 e. The maximum atomic E-state index is 3.78. The van der Waals surface area contributed by atoms with Crippen molar-refractivity contribution in [1.29, 1.82) is 0 Å². The summed E-state index contributed by atoms with van der Waals surface area (Å²) < 4.78 is 0. The normalized spacial score (nSPS) is 23.5. The summed E-state index contributed by atoms with van der Waals surface area (Å²) in [7, 11) is 2.22. The topological polar surface area (TPSA) is 33.8 Å². The van der Waals surface area contributed by atoms with Gasteiger partial charge in [-0.15, -0.1) is 0 Å². The summed E-state index contributed by atoms with van der Waals surface area (Å²) in [5.41, 5.74) is 5.46. The van der Waals surface area contributed by atoms with E-state index in [1.54, 1.807) is 0 Å². The van der Waals surface area contributed by atoms with Crippen LogP contribution in [-0.4, -0.2) is 73.6 Å². The van der Waals surface area contributed by atoms with Crippen molar-refractivity contribution in [2.24, 2.45) is 0 Å². The molecular formula is C25H37N5. The fourth-order valence-corrected chi connectivity index (χ4v) is 4.88. The van der Waals surface area contributed by atoms with E-state index >= 15 is 0 Å². The van der Waals surface area contributed by atoms with Gasteiger partial charge in [-0.1, -0.05) is 38.1 Å². The highest BCUT2D eigenvalue weighted by Gasteiger charge is 2.28. The van der Waals surface area contributed by atoms with Crippen LogP contribution in [0.25, 0.3) is 5.70 Å². The zero-order chi connectivity index (χ0) is 20.9. The molecular weight excluding hydrogens is 370 g/mol. The molecule has 1 aromatic carbocycles. The zero-order valence-electron chi connectivity index (χ0n) is 18.8. The molecule has 4 heterocycles. The lowest BCUT2D eigenvalue weighted by Gasteiger charge is -2.40. The van der Waals surface area contributed by atoms with Crippen LogP contribution in [0.1, 0.15) is 32.3 Å². The van der Waals surface area contributed by atoms with Gasteiger partial charge >= 0.3 is 0 Å². The van der Waals surface area contributed by atoms with E-state index in [0.717, 1.165) is 32.7 Å². The van der Waals surface area contributed by atoms with E-state index in [1.165, 1.54) is 54.3 Å². The number of benzene rings is 1. The first-order chi connectivity index (χ1) is 14.8. The van der Waals surface area contributed by atoms with Gasteiger partial charge in [-0.25, -0.2) is 0 Å². The van der Waals surface area contributed by atoms with Gasteiger partial charge < -0.3 is 25.3 Å². The van der Waals surface area contributed by atoms with Crippen molar-refractivity contribution in [2.75, 3.05) is 58.2 Å². The molecule has 0 spiro atoms. The molecule has 1 aromatic rings. The minimum absolute atomic E-state index is 0.258. The molecule has 1 unspecified atom stereocenters. The van der Waals surface area contributed by atoms with Crippen molar-refractivity contribution in [3.63, 3.8) is 0 Å². The number of fused-ring (bicyclic) bond motifs is 1. The number of anilines is 1. The van der Waals surface area contributed by atoms with Crippen LogP contribution in [0.2, 0.25) is 0 Å². The highest BCUT2D eigenvalue weighted by Crippen LogP contribution is 2.36. The van der Waals surface area contributed by atoms with Crippen molar-refractivity contribution >= 4 is 11.4 Å². The SMILES string of the molecule is CC.CN1CC(C2C=C(N3CCCC3)c3ccccc3N2)=CC=C1N1CCNCC1. The number of likely N-dealkylation sites (N-methyl/N-ethyl adjacent to an activating group) is 1. The first kappa shape index (κ1) is 20.9. The number of nitrogens with one attached hydrogen (secondary N) is 2. The van der Waals surface area contributed by atoms with Crippen molar-refractivity contribution < 1.29 is 0 Å². The Bertz CT molecular complexity index is 813. The molecule has 2 fully saturated rings. The van der Waals surface area contributed by atoms with Crippen LogP contribution in [-0.2, 0) is 0 Å². The fraction of sp³-hybridized carbons (Fsp3) is 0.520. The molecule has 2 saturated heterocycles. The van der Waals surface area contributed by atoms with Crippen LogP contribution in [0.4, 0.5) is 5.69 Å². The molecule has 0 aliphatic carbocycles. The smallest absolute Gasteiger partial charge is 0.104 e. The van der Waals surface area contributed by atoms with Crippen LogP contribution in [0.5, 0.6) is 0 Å². The summed E-state index contributed by atoms with van der Waals surface area (Å²) in [5.74, 6) is 1.35. The van der Waals surface area contributed by atoms with Crippen LogP contribution in [0, 0.1) is 0 Å². The second kappa shape index (κ2) is 9.61. The lowest BCUT2D eigenvalue weighted by atomic mass is 9.95. The molecule has 2 N–H and O–H groups in total. The van der Waals surface area contributed by atoms with E-state index in [2.05, 4.69) is 74.9 Å². The van der Waals surface area contributed by atoms with E-state index < -0.39 is 0 Å². The first-order valence-corrected chi connectivity index (χ1v) is 11.7. The van der Waals surface area contributed by atoms with Crippen LogP contribution in [0.3, 0.4) is 0 Å². The highest BCUT2D eigenvalue weighted by atomic mass is 15.3. The number of rotatable bonds is 3. The standard InChI is InChI=1S/C23H31N5.C2H6/c1-26-17-18(8-9-23(26)28-14-10-24-11-15-28)21-16-22(27-12-4-5-13-27)19-6-2-3-7-20(19)25-21;1-2/h2-3,6-9,16,21,24-25H,4-5,10-15,17H2,1H3;1-2H3. The van der Waals surface area contributed by atoms with Gasteiger partial charge in [0.1, 0.15) is 5.82 Å². The second-order valence-corrected chi connectivity index (χ2v) is 8.27. The largest absolute Gasteiger partial charge is 0.374 e. The van der Waals surface area contributed by atoms with Gasteiger partial charge in [0.25, 0.3) is 0 Å². The van der Waals surface area contributed by atoms with Gasteiger partial charge in [0.15, 0.2) is 0 Å². The summed E-state index contributed by atoms with van der Waals surface area (Å²) >= 11 is 0. The van der Waals surface area contributed by atoms with Crippen LogP contribution >= 0.6 is 0 Å². The molecule has 4 aliphatic rings. The number of nitrogens with zero attached hydrogens (tertiary/aromatic N) is 3. The maximum Gasteiger partial charge on any atom is 0.104 e. The van der Waals surface area contributed by atoms with Gasteiger partial charge in [-0.05, 0) is 36.6 Å². The molecule has 0 amide bonds. The summed E-state index contributed by atoms with van der Waals surface area (Å²) in [4.78, 5) is 7.48. The predicted octanol–water partition coefficient (Wildman–Crippen LogP) is 3.56. The number of hydrogen-bond donors (Lipinski definition) is 2. The quantitative estimate of drug-likeness (QED) is 0.801.